The number of hydrogen-bond acceptors (Lipinski definition) is 2. The molecule has 0 spiro atoms. The fourth-order valence-corrected chi connectivity index (χ4v) is 1.88. The maximum absolute atomic E-state index is 9.89. The Morgan fingerprint density at radius 1 is 1.46 bits per heavy atom. The molecule has 2 unspecified atom stereocenters. The lowest BCUT2D eigenvalue weighted by Gasteiger charge is -2.25. The molecule has 0 amide bonds. The fraction of sp³-hybridized carbons (Fsp3) is 1.00. The largest absolute Gasteiger partial charge is 0.390 e. The minimum absolute atomic E-state index is 0.0525. The highest BCUT2D eigenvalue weighted by molar-refractivity contribution is 4.91. The van der Waals surface area contributed by atoms with Gasteiger partial charge in [-0.25, -0.2) is 0 Å². The Morgan fingerprint density at radius 3 is 2.62 bits per heavy atom. The number of ether oxygens (including phenoxy) is 1. The van der Waals surface area contributed by atoms with E-state index in [0.29, 0.717) is 0 Å². The van der Waals surface area contributed by atoms with Crippen LogP contribution in [0.5, 0.6) is 0 Å². The van der Waals surface area contributed by atoms with Crippen LogP contribution in [0.3, 0.4) is 0 Å². The van der Waals surface area contributed by atoms with E-state index >= 15 is 0 Å². The molecule has 1 rings (SSSR count). The van der Waals surface area contributed by atoms with E-state index < -0.39 is 0 Å². The van der Waals surface area contributed by atoms with Crippen LogP contribution < -0.4 is 0 Å². The van der Waals surface area contributed by atoms with E-state index in [9.17, 15) is 5.11 Å². The third-order valence-electron chi connectivity index (χ3n) is 3.06. The summed E-state index contributed by atoms with van der Waals surface area (Å²) < 4.78 is 5.64. The van der Waals surface area contributed by atoms with E-state index in [1.54, 1.807) is 0 Å². The lowest BCUT2D eigenvalue weighted by Crippen LogP contribution is -2.33. The zero-order chi connectivity index (χ0) is 9.90. The summed E-state index contributed by atoms with van der Waals surface area (Å²) in [6.45, 7) is 7.17. The molecular formula is C11H22O2. The van der Waals surface area contributed by atoms with Crippen molar-refractivity contribution >= 4 is 0 Å². The fourth-order valence-electron chi connectivity index (χ4n) is 1.88. The summed E-state index contributed by atoms with van der Waals surface area (Å²) >= 11 is 0. The van der Waals surface area contributed by atoms with Crippen LogP contribution in [0, 0.1) is 5.41 Å². The van der Waals surface area contributed by atoms with Gasteiger partial charge in [0.2, 0.25) is 0 Å². The summed E-state index contributed by atoms with van der Waals surface area (Å²) in [4.78, 5) is 0. The smallest absolute Gasteiger partial charge is 0.0852 e. The van der Waals surface area contributed by atoms with Gasteiger partial charge in [-0.05, 0) is 24.7 Å². The van der Waals surface area contributed by atoms with Crippen LogP contribution in [0.15, 0.2) is 0 Å². The number of rotatable bonds is 4. The van der Waals surface area contributed by atoms with Crippen molar-refractivity contribution in [2.24, 2.45) is 5.41 Å². The normalized spacial score (nSPS) is 32.3. The topological polar surface area (TPSA) is 29.5 Å². The molecule has 2 heteroatoms. The van der Waals surface area contributed by atoms with E-state index in [4.69, 9.17) is 4.74 Å². The molecule has 0 aromatic heterocycles. The van der Waals surface area contributed by atoms with Gasteiger partial charge < -0.3 is 9.84 Å². The molecule has 1 saturated carbocycles. The molecular weight excluding hydrogens is 164 g/mol. The zero-order valence-electron chi connectivity index (χ0n) is 9.05. The molecule has 78 valence electrons. The number of hydrogen-bond donors (Lipinski definition) is 1. The van der Waals surface area contributed by atoms with Gasteiger partial charge in [0.25, 0.3) is 0 Å². The average Bonchev–Trinajstić information content (AvgIpc) is 2.32. The van der Waals surface area contributed by atoms with Crippen LogP contribution in [0.4, 0.5) is 0 Å². The summed E-state index contributed by atoms with van der Waals surface area (Å²) in [6.07, 6.45) is 4.16. The quantitative estimate of drug-likeness (QED) is 0.683. The molecule has 0 aromatic rings. The van der Waals surface area contributed by atoms with Gasteiger partial charge in [0.1, 0.15) is 0 Å². The monoisotopic (exact) mass is 186 g/mol. The van der Waals surface area contributed by atoms with E-state index in [-0.39, 0.29) is 17.6 Å². The van der Waals surface area contributed by atoms with Crippen LogP contribution in [0.1, 0.15) is 46.5 Å². The molecule has 0 saturated heterocycles. The molecule has 0 radical (unpaired) electrons. The second kappa shape index (κ2) is 4.43. The van der Waals surface area contributed by atoms with Crippen LogP contribution >= 0.6 is 0 Å². The predicted octanol–water partition coefficient (Wildman–Crippen LogP) is 2.35. The summed E-state index contributed by atoms with van der Waals surface area (Å²) in [5.74, 6) is 0. The highest BCUT2D eigenvalue weighted by Gasteiger charge is 2.41. The molecule has 0 heterocycles. The molecule has 1 fully saturated rings. The Balaban J connectivity index is 2.29. The Hall–Kier alpha value is -0.0800. The van der Waals surface area contributed by atoms with E-state index in [0.717, 1.165) is 32.3 Å². The molecule has 1 aliphatic rings. The average molecular weight is 186 g/mol. The van der Waals surface area contributed by atoms with E-state index in [1.165, 1.54) is 0 Å². The first-order valence-electron chi connectivity index (χ1n) is 5.37. The van der Waals surface area contributed by atoms with Gasteiger partial charge in [-0.2, -0.15) is 0 Å². The summed E-state index contributed by atoms with van der Waals surface area (Å²) in [7, 11) is 0. The number of aliphatic hydroxyl groups excluding tert-OH is 1. The third kappa shape index (κ3) is 2.68. The second-order valence-corrected chi connectivity index (χ2v) is 4.73. The first-order valence-corrected chi connectivity index (χ1v) is 5.37. The van der Waals surface area contributed by atoms with Crippen LogP contribution in [-0.2, 0) is 4.74 Å². The highest BCUT2D eigenvalue weighted by Crippen LogP contribution is 2.38. The van der Waals surface area contributed by atoms with Gasteiger partial charge in [0, 0.05) is 6.61 Å². The van der Waals surface area contributed by atoms with Crippen LogP contribution in [0.2, 0.25) is 0 Å². The molecule has 1 N–H and O–H groups in total. The van der Waals surface area contributed by atoms with Crippen molar-refractivity contribution in [3.63, 3.8) is 0 Å². The summed E-state index contributed by atoms with van der Waals surface area (Å²) in [5, 5.41) is 9.89. The Morgan fingerprint density at radius 2 is 2.15 bits per heavy atom. The van der Waals surface area contributed by atoms with E-state index in [2.05, 4.69) is 20.8 Å². The molecule has 0 aliphatic heterocycles. The van der Waals surface area contributed by atoms with Gasteiger partial charge in [0.05, 0.1) is 12.2 Å². The van der Waals surface area contributed by atoms with Crippen molar-refractivity contribution in [3.05, 3.63) is 0 Å². The standard InChI is InChI=1S/C11H22O2/c1-4-5-8-13-9-6-7-11(2,3)10(9)12/h9-10,12H,4-8H2,1-3H3. The van der Waals surface area contributed by atoms with Crippen LogP contribution in [0.25, 0.3) is 0 Å². The van der Waals surface area contributed by atoms with Gasteiger partial charge in [-0.1, -0.05) is 27.2 Å². The van der Waals surface area contributed by atoms with E-state index in [1.807, 2.05) is 0 Å². The summed E-state index contributed by atoms with van der Waals surface area (Å²) in [6, 6.07) is 0. The molecule has 0 bridgehead atoms. The molecule has 13 heavy (non-hydrogen) atoms. The van der Waals surface area contributed by atoms with Gasteiger partial charge in [-0.15, -0.1) is 0 Å². The predicted molar refractivity (Wildman–Crippen MR) is 53.7 cm³/mol. The SMILES string of the molecule is CCCCOC1CCC(C)(C)C1O. The minimum Gasteiger partial charge on any atom is -0.390 e. The maximum atomic E-state index is 9.89. The summed E-state index contributed by atoms with van der Waals surface area (Å²) in [5.41, 5.74) is 0.0525. The second-order valence-electron chi connectivity index (χ2n) is 4.73. The van der Waals surface area contributed by atoms with Crippen LogP contribution in [-0.4, -0.2) is 23.9 Å². The third-order valence-corrected chi connectivity index (χ3v) is 3.06. The molecule has 2 atom stereocenters. The lowest BCUT2D eigenvalue weighted by molar-refractivity contribution is -0.0501. The maximum Gasteiger partial charge on any atom is 0.0852 e. The molecule has 0 aromatic carbocycles. The van der Waals surface area contributed by atoms with Crippen molar-refractivity contribution in [2.45, 2.75) is 58.7 Å². The molecule has 1 aliphatic carbocycles. The minimum atomic E-state index is -0.274. The van der Waals surface area contributed by atoms with Gasteiger partial charge >= 0.3 is 0 Å². The Bertz CT molecular complexity index is 154. The number of aliphatic hydroxyl groups is 1. The van der Waals surface area contributed by atoms with Crippen molar-refractivity contribution in [1.29, 1.82) is 0 Å². The van der Waals surface area contributed by atoms with Crippen molar-refractivity contribution < 1.29 is 9.84 Å². The lowest BCUT2D eigenvalue weighted by atomic mass is 9.89. The Labute approximate surface area is 81.3 Å². The van der Waals surface area contributed by atoms with Crippen molar-refractivity contribution in [1.82, 2.24) is 0 Å². The zero-order valence-corrected chi connectivity index (χ0v) is 9.05. The number of unbranched alkanes of at least 4 members (excludes halogenated alkanes) is 1. The van der Waals surface area contributed by atoms with Gasteiger partial charge in [-0.3, -0.25) is 0 Å². The van der Waals surface area contributed by atoms with Crippen molar-refractivity contribution in [3.8, 4) is 0 Å². The van der Waals surface area contributed by atoms with Gasteiger partial charge in [0.15, 0.2) is 0 Å². The Kier molecular flexibility index (Phi) is 3.74. The highest BCUT2D eigenvalue weighted by atomic mass is 16.5. The first-order chi connectivity index (χ1) is 6.08. The van der Waals surface area contributed by atoms with Crippen molar-refractivity contribution in [2.75, 3.05) is 6.61 Å². The first kappa shape index (κ1) is 11.0. The molecule has 2 nitrogen and oxygen atoms in total.